The van der Waals surface area contributed by atoms with Crippen molar-refractivity contribution in [3.05, 3.63) is 77.8 Å². The third kappa shape index (κ3) is 3.42. The van der Waals surface area contributed by atoms with Crippen molar-refractivity contribution in [1.82, 2.24) is 10.3 Å². The van der Waals surface area contributed by atoms with Gasteiger partial charge in [0.2, 0.25) is 0 Å². The van der Waals surface area contributed by atoms with Crippen LogP contribution < -0.4 is 5.32 Å². The fourth-order valence-electron chi connectivity index (χ4n) is 4.07. The van der Waals surface area contributed by atoms with E-state index in [0.717, 1.165) is 18.4 Å². The Morgan fingerprint density at radius 2 is 1.75 bits per heavy atom. The van der Waals surface area contributed by atoms with Crippen molar-refractivity contribution in [3.8, 4) is 11.3 Å². The van der Waals surface area contributed by atoms with Gasteiger partial charge >= 0.3 is 0 Å². The number of hydrogen-bond acceptors (Lipinski definition) is 3. The predicted octanol–water partition coefficient (Wildman–Crippen LogP) is 4.86. The fourth-order valence-corrected chi connectivity index (χ4v) is 4.07. The molecule has 0 saturated heterocycles. The summed E-state index contributed by atoms with van der Waals surface area (Å²) < 4.78 is 34.1. The number of hydrogen-bond donors (Lipinski definition) is 1. The number of aromatic nitrogens is 1. The van der Waals surface area contributed by atoms with Crippen molar-refractivity contribution in [1.29, 1.82) is 0 Å². The van der Waals surface area contributed by atoms with E-state index in [1.165, 1.54) is 24.6 Å². The highest BCUT2D eigenvalue weighted by Gasteiger charge is 2.40. The number of benzene rings is 2. The number of nitrogens with one attached hydrogen (secondary N) is 1. The van der Waals surface area contributed by atoms with Crippen molar-refractivity contribution in [2.45, 2.75) is 31.1 Å². The number of carbonyl (C=O) groups excluding carboxylic acids is 1. The molecule has 0 spiro atoms. The molecule has 0 radical (unpaired) electrons. The van der Waals surface area contributed by atoms with Gasteiger partial charge in [0.05, 0.1) is 6.20 Å². The minimum Gasteiger partial charge on any atom is -0.444 e. The zero-order valence-electron chi connectivity index (χ0n) is 15.3. The zero-order chi connectivity index (χ0) is 19.6. The molecule has 0 unspecified atom stereocenters. The summed E-state index contributed by atoms with van der Waals surface area (Å²) in [5.74, 6) is -0.751. The Bertz CT molecular complexity index is 942. The molecule has 0 aliphatic heterocycles. The van der Waals surface area contributed by atoms with Crippen LogP contribution in [-0.4, -0.2) is 17.4 Å². The summed E-state index contributed by atoms with van der Waals surface area (Å²) in [4.78, 5) is 16.5. The Hall–Kier alpha value is -3.02. The molecule has 1 saturated carbocycles. The Balaban J connectivity index is 1.51. The van der Waals surface area contributed by atoms with Crippen LogP contribution in [0.15, 0.2) is 59.5 Å². The first kappa shape index (κ1) is 18.3. The molecule has 3 aromatic rings. The average Bonchev–Trinajstić information content (AvgIpc) is 3.39. The van der Waals surface area contributed by atoms with E-state index in [9.17, 15) is 13.6 Å². The molecule has 2 aromatic carbocycles. The highest BCUT2D eigenvalue weighted by Crippen LogP contribution is 2.42. The van der Waals surface area contributed by atoms with E-state index in [4.69, 9.17) is 4.42 Å². The number of halogens is 2. The maximum atomic E-state index is 14.4. The number of nitrogens with zero attached hydrogens (tertiary/aromatic N) is 1. The molecule has 0 bridgehead atoms. The minimum atomic E-state index is -0.704. The minimum absolute atomic E-state index is 0.0912. The van der Waals surface area contributed by atoms with Crippen molar-refractivity contribution < 1.29 is 18.0 Å². The summed E-state index contributed by atoms with van der Waals surface area (Å²) in [5, 5.41) is 2.88. The molecule has 1 aliphatic rings. The van der Waals surface area contributed by atoms with Crippen LogP contribution in [0, 0.1) is 11.6 Å². The molecule has 1 aliphatic carbocycles. The van der Waals surface area contributed by atoms with E-state index in [1.807, 2.05) is 0 Å². The molecule has 1 fully saturated rings. The lowest BCUT2D eigenvalue weighted by atomic mass is 9.78. The average molecular weight is 382 g/mol. The van der Waals surface area contributed by atoms with Crippen LogP contribution in [-0.2, 0) is 5.41 Å². The molecule has 6 heteroatoms. The van der Waals surface area contributed by atoms with E-state index in [2.05, 4.69) is 10.3 Å². The van der Waals surface area contributed by atoms with Crippen LogP contribution in [0.2, 0.25) is 0 Å². The second-order valence-corrected chi connectivity index (χ2v) is 7.21. The molecule has 1 N–H and O–H groups in total. The largest absolute Gasteiger partial charge is 0.444 e. The maximum absolute atomic E-state index is 14.4. The maximum Gasteiger partial charge on any atom is 0.251 e. The third-order valence-electron chi connectivity index (χ3n) is 5.51. The van der Waals surface area contributed by atoms with Crippen LogP contribution in [0.3, 0.4) is 0 Å². The van der Waals surface area contributed by atoms with E-state index in [-0.39, 0.29) is 18.0 Å². The van der Waals surface area contributed by atoms with Gasteiger partial charge < -0.3 is 9.73 Å². The number of oxazole rings is 1. The molecule has 1 heterocycles. The summed E-state index contributed by atoms with van der Waals surface area (Å²) in [6.07, 6.45) is 6.01. The third-order valence-corrected chi connectivity index (χ3v) is 5.51. The molecule has 4 rings (SSSR count). The van der Waals surface area contributed by atoms with Crippen molar-refractivity contribution in [2.24, 2.45) is 0 Å². The van der Waals surface area contributed by atoms with Gasteiger partial charge in [-0.3, -0.25) is 4.79 Å². The Labute approximate surface area is 161 Å². The highest BCUT2D eigenvalue weighted by atomic mass is 19.1. The fraction of sp³-hybridized carbons (Fsp3) is 0.273. The van der Waals surface area contributed by atoms with Gasteiger partial charge in [-0.1, -0.05) is 31.0 Å². The van der Waals surface area contributed by atoms with Crippen LogP contribution in [0.1, 0.15) is 41.6 Å². The van der Waals surface area contributed by atoms with E-state index >= 15 is 0 Å². The van der Waals surface area contributed by atoms with Gasteiger partial charge in [-0.25, -0.2) is 13.8 Å². The van der Waals surface area contributed by atoms with Crippen LogP contribution in [0.4, 0.5) is 8.78 Å². The van der Waals surface area contributed by atoms with Crippen LogP contribution >= 0.6 is 0 Å². The Morgan fingerprint density at radius 1 is 1.07 bits per heavy atom. The van der Waals surface area contributed by atoms with Gasteiger partial charge in [-0.2, -0.15) is 0 Å². The van der Waals surface area contributed by atoms with E-state index < -0.39 is 17.0 Å². The predicted molar refractivity (Wildman–Crippen MR) is 101 cm³/mol. The van der Waals surface area contributed by atoms with Crippen molar-refractivity contribution >= 4 is 5.91 Å². The van der Waals surface area contributed by atoms with Gasteiger partial charge in [-0.05, 0) is 37.1 Å². The normalized spacial score (nSPS) is 15.5. The topological polar surface area (TPSA) is 55.1 Å². The molecule has 1 aromatic heterocycles. The van der Waals surface area contributed by atoms with E-state index in [0.29, 0.717) is 24.2 Å². The van der Waals surface area contributed by atoms with Gasteiger partial charge in [0, 0.05) is 28.7 Å². The molecular weight excluding hydrogens is 362 g/mol. The van der Waals surface area contributed by atoms with Crippen molar-refractivity contribution in [2.75, 3.05) is 6.54 Å². The summed E-state index contributed by atoms with van der Waals surface area (Å²) in [6, 6.07) is 10.9. The second-order valence-electron chi connectivity index (χ2n) is 7.21. The SMILES string of the molecule is O=C(NCC1(c2c(F)cccc2F)CCCC1)c1ccc(-c2cnco2)cc1. The summed E-state index contributed by atoms with van der Waals surface area (Å²) in [6.45, 7) is 0.202. The molecule has 144 valence electrons. The molecule has 0 atom stereocenters. The number of carbonyl (C=O) groups is 1. The molecule has 28 heavy (non-hydrogen) atoms. The molecular formula is C22H20F2N2O2. The first-order valence-corrected chi connectivity index (χ1v) is 9.31. The highest BCUT2D eigenvalue weighted by molar-refractivity contribution is 5.94. The monoisotopic (exact) mass is 382 g/mol. The van der Waals surface area contributed by atoms with Crippen LogP contribution in [0.25, 0.3) is 11.3 Å². The van der Waals surface area contributed by atoms with Crippen molar-refractivity contribution in [3.63, 3.8) is 0 Å². The standard InChI is InChI=1S/C22H20F2N2O2/c23-17-4-3-5-18(24)20(17)22(10-1-2-11-22)13-26-21(27)16-8-6-15(7-9-16)19-12-25-14-28-19/h3-9,12,14H,1-2,10-11,13H2,(H,26,27). The quantitative estimate of drug-likeness (QED) is 0.686. The Morgan fingerprint density at radius 3 is 2.36 bits per heavy atom. The lowest BCUT2D eigenvalue weighted by Crippen LogP contribution is -2.40. The first-order chi connectivity index (χ1) is 13.6. The smallest absolute Gasteiger partial charge is 0.251 e. The van der Waals surface area contributed by atoms with Crippen LogP contribution in [0.5, 0.6) is 0 Å². The zero-order valence-corrected chi connectivity index (χ0v) is 15.3. The summed E-state index contributed by atoms with van der Waals surface area (Å²) in [7, 11) is 0. The van der Waals surface area contributed by atoms with Gasteiger partial charge in [0.1, 0.15) is 11.6 Å². The number of rotatable bonds is 5. The summed E-state index contributed by atoms with van der Waals surface area (Å²) >= 11 is 0. The first-order valence-electron chi connectivity index (χ1n) is 9.31. The number of amides is 1. The molecule has 4 nitrogen and oxygen atoms in total. The Kier molecular flexibility index (Phi) is 4.94. The van der Waals surface area contributed by atoms with E-state index in [1.54, 1.807) is 30.5 Å². The van der Waals surface area contributed by atoms with Gasteiger partial charge in [0.25, 0.3) is 5.91 Å². The second kappa shape index (κ2) is 7.54. The molecule has 1 amide bonds. The lowest BCUT2D eigenvalue weighted by molar-refractivity contribution is 0.0942. The van der Waals surface area contributed by atoms with Gasteiger partial charge in [-0.15, -0.1) is 0 Å². The lowest BCUT2D eigenvalue weighted by Gasteiger charge is -2.30. The summed E-state index contributed by atoms with van der Waals surface area (Å²) in [5.41, 5.74) is 0.679. The van der Waals surface area contributed by atoms with Gasteiger partial charge in [0.15, 0.2) is 12.2 Å².